The molecule has 2 aromatic rings. The molecule has 0 aromatic heterocycles. The van der Waals surface area contributed by atoms with E-state index in [1.54, 1.807) is 7.11 Å². The second-order valence-corrected chi connectivity index (χ2v) is 10.2. The first-order valence-corrected chi connectivity index (χ1v) is 11.6. The minimum atomic E-state index is -0.495. The molecule has 3 heterocycles. The van der Waals surface area contributed by atoms with Gasteiger partial charge in [-0.25, -0.2) is 4.79 Å². The van der Waals surface area contributed by atoms with Gasteiger partial charge in [0.2, 0.25) is 0 Å². The fourth-order valence-corrected chi connectivity index (χ4v) is 5.49. The fourth-order valence-electron chi connectivity index (χ4n) is 5.33. The molecule has 2 fully saturated rings. The highest BCUT2D eigenvalue weighted by molar-refractivity contribution is 6.30. The average molecular weight is 457 g/mol. The van der Waals surface area contributed by atoms with Gasteiger partial charge in [-0.05, 0) is 70.7 Å². The Labute approximate surface area is 194 Å². The van der Waals surface area contributed by atoms with Crippen LogP contribution in [-0.4, -0.2) is 41.8 Å². The first-order chi connectivity index (χ1) is 15.2. The molecule has 0 saturated carbocycles. The highest BCUT2D eigenvalue weighted by Crippen LogP contribution is 2.54. The van der Waals surface area contributed by atoms with E-state index in [1.165, 1.54) is 0 Å². The van der Waals surface area contributed by atoms with Gasteiger partial charge in [-0.1, -0.05) is 17.7 Å². The third-order valence-electron chi connectivity index (χ3n) is 6.51. The summed E-state index contributed by atoms with van der Waals surface area (Å²) in [4.78, 5) is 17.2. The maximum atomic E-state index is 12.9. The summed E-state index contributed by atoms with van der Waals surface area (Å²) in [7, 11) is 1.65. The second kappa shape index (κ2) is 7.77. The van der Waals surface area contributed by atoms with E-state index >= 15 is 0 Å². The summed E-state index contributed by atoms with van der Waals surface area (Å²) in [5.41, 5.74) is 1.48. The van der Waals surface area contributed by atoms with Gasteiger partial charge in [0.05, 0.1) is 18.5 Å². The number of para-hydroxylation sites is 1. The highest BCUT2D eigenvalue weighted by Gasteiger charge is 2.47. The third kappa shape index (κ3) is 3.64. The molecule has 3 aliphatic heterocycles. The Kier molecular flexibility index (Phi) is 5.16. The number of fused-ring (bicyclic) bond motifs is 4. The number of benzene rings is 2. The Balaban J connectivity index is 1.50. The molecule has 0 radical (unpaired) electrons. The lowest BCUT2D eigenvalue weighted by molar-refractivity contribution is 0.00613. The Morgan fingerprint density at radius 1 is 1.06 bits per heavy atom. The molecule has 0 N–H and O–H groups in total. The predicted octanol–water partition coefficient (Wildman–Crippen LogP) is 6.52. The summed E-state index contributed by atoms with van der Waals surface area (Å²) in [5.74, 6) is 2.11. The zero-order valence-electron chi connectivity index (χ0n) is 18.9. The number of hydrogen-bond donors (Lipinski definition) is 0. The molecule has 5 rings (SSSR count). The molecule has 6 nitrogen and oxygen atoms in total. The topological polar surface area (TPSA) is 51.2 Å². The van der Waals surface area contributed by atoms with Crippen molar-refractivity contribution in [2.45, 2.75) is 70.2 Å². The zero-order chi connectivity index (χ0) is 22.6. The number of rotatable bonds is 2. The minimum absolute atomic E-state index is 0.168. The molecule has 0 unspecified atom stereocenters. The molecule has 0 aliphatic carbocycles. The van der Waals surface area contributed by atoms with E-state index in [4.69, 9.17) is 25.8 Å². The van der Waals surface area contributed by atoms with E-state index in [0.717, 1.165) is 42.8 Å². The molecule has 2 aromatic carbocycles. The van der Waals surface area contributed by atoms with Crippen molar-refractivity contribution in [1.29, 1.82) is 0 Å². The van der Waals surface area contributed by atoms with Crippen molar-refractivity contribution in [2.75, 3.05) is 12.0 Å². The van der Waals surface area contributed by atoms with E-state index in [1.807, 2.05) is 56.0 Å². The summed E-state index contributed by atoms with van der Waals surface area (Å²) in [6, 6.07) is 12.3. The Morgan fingerprint density at radius 3 is 2.44 bits per heavy atom. The number of amides is 1. The van der Waals surface area contributed by atoms with Gasteiger partial charge in [0.15, 0.2) is 17.2 Å². The van der Waals surface area contributed by atoms with Crippen molar-refractivity contribution in [2.24, 2.45) is 0 Å². The van der Waals surface area contributed by atoms with E-state index < -0.39 is 5.60 Å². The van der Waals surface area contributed by atoms with Crippen molar-refractivity contribution in [3.8, 4) is 17.2 Å². The number of anilines is 2. The van der Waals surface area contributed by atoms with Crippen LogP contribution in [0.2, 0.25) is 5.02 Å². The lowest BCUT2D eigenvalue weighted by atomic mass is 9.94. The maximum absolute atomic E-state index is 12.9. The largest absolute Gasteiger partial charge is 0.493 e. The lowest BCUT2D eigenvalue weighted by Gasteiger charge is -2.46. The van der Waals surface area contributed by atoms with E-state index in [0.29, 0.717) is 16.5 Å². The third-order valence-corrected chi connectivity index (χ3v) is 6.74. The number of carbonyl (C=O) groups is 1. The second-order valence-electron chi connectivity index (χ2n) is 9.79. The normalized spacial score (nSPS) is 23.8. The van der Waals surface area contributed by atoms with Gasteiger partial charge in [-0.2, -0.15) is 0 Å². The van der Waals surface area contributed by atoms with E-state index in [-0.39, 0.29) is 24.2 Å². The van der Waals surface area contributed by atoms with Crippen LogP contribution in [0.4, 0.5) is 16.2 Å². The van der Waals surface area contributed by atoms with Crippen LogP contribution in [0.25, 0.3) is 0 Å². The molecule has 32 heavy (non-hydrogen) atoms. The predicted molar refractivity (Wildman–Crippen MR) is 125 cm³/mol. The number of nitrogens with zero attached hydrogens (tertiary/aromatic N) is 2. The molecule has 0 spiro atoms. The van der Waals surface area contributed by atoms with Crippen LogP contribution in [0.5, 0.6) is 17.2 Å². The van der Waals surface area contributed by atoms with Crippen LogP contribution >= 0.6 is 11.6 Å². The van der Waals surface area contributed by atoms with Gasteiger partial charge in [0.1, 0.15) is 5.60 Å². The molecular formula is C25H29ClN2O4. The van der Waals surface area contributed by atoms with E-state index in [9.17, 15) is 4.79 Å². The summed E-state index contributed by atoms with van der Waals surface area (Å²) in [6.45, 7) is 5.75. The lowest BCUT2D eigenvalue weighted by Crippen LogP contribution is -2.53. The van der Waals surface area contributed by atoms with Crippen LogP contribution < -0.4 is 14.4 Å². The highest BCUT2D eigenvalue weighted by atomic mass is 35.5. The quantitative estimate of drug-likeness (QED) is 0.514. The monoisotopic (exact) mass is 456 g/mol. The molecule has 1 amide bonds. The maximum Gasteiger partial charge on any atom is 0.410 e. The first-order valence-electron chi connectivity index (χ1n) is 11.2. The number of carbonyl (C=O) groups excluding carboxylic acids is 1. The number of piperidine rings is 1. The van der Waals surface area contributed by atoms with Gasteiger partial charge in [-0.15, -0.1) is 0 Å². The molecule has 3 aliphatic rings. The Bertz CT molecular complexity index is 1040. The summed E-state index contributed by atoms with van der Waals surface area (Å²) >= 11 is 6.29. The fraction of sp³-hybridized carbons (Fsp3) is 0.480. The molecule has 2 saturated heterocycles. The van der Waals surface area contributed by atoms with Gasteiger partial charge in [-0.3, -0.25) is 0 Å². The number of methoxy groups -OCH3 is 1. The van der Waals surface area contributed by atoms with Crippen molar-refractivity contribution in [1.82, 2.24) is 4.90 Å². The minimum Gasteiger partial charge on any atom is -0.493 e. The molecular weight excluding hydrogens is 428 g/mol. The number of ether oxygens (including phenoxy) is 3. The van der Waals surface area contributed by atoms with Gasteiger partial charge in [0, 0.05) is 29.2 Å². The standard InChI is InChI=1S/C25H29ClN2O4/c1-25(2,3)32-24(29)27-16-9-10-17(27)14-18(13-16)28-19-11-8-15(26)12-22(19)31-23-20(28)6-5-7-21(23)30-4/h5-8,11-12,16-18H,9-10,13-14H2,1-4H3/t16-,17+,18+. The van der Waals surface area contributed by atoms with Crippen LogP contribution in [-0.2, 0) is 4.74 Å². The first kappa shape index (κ1) is 21.3. The Hall–Kier alpha value is -2.60. The van der Waals surface area contributed by atoms with Gasteiger partial charge < -0.3 is 24.0 Å². The van der Waals surface area contributed by atoms with E-state index in [2.05, 4.69) is 11.0 Å². The van der Waals surface area contributed by atoms with Gasteiger partial charge in [0.25, 0.3) is 0 Å². The van der Waals surface area contributed by atoms with Gasteiger partial charge >= 0.3 is 6.09 Å². The van der Waals surface area contributed by atoms with Crippen molar-refractivity contribution in [3.05, 3.63) is 41.4 Å². The zero-order valence-corrected chi connectivity index (χ0v) is 19.7. The summed E-state index contributed by atoms with van der Waals surface area (Å²) in [6.07, 6.45) is 3.55. The SMILES string of the molecule is COc1cccc2c1Oc1cc(Cl)ccc1N2[C@H]1C[C@H]2CC[C@@H](C1)N2C(=O)OC(C)(C)C. The summed E-state index contributed by atoms with van der Waals surface area (Å²) in [5, 5.41) is 0.627. The summed E-state index contributed by atoms with van der Waals surface area (Å²) < 4.78 is 17.6. The Morgan fingerprint density at radius 2 is 1.78 bits per heavy atom. The van der Waals surface area contributed by atoms with Crippen molar-refractivity contribution < 1.29 is 19.0 Å². The van der Waals surface area contributed by atoms with Crippen LogP contribution in [0.15, 0.2) is 36.4 Å². The number of halogens is 1. The average Bonchev–Trinajstić information content (AvgIpc) is 3.00. The molecule has 170 valence electrons. The molecule has 2 bridgehead atoms. The molecule has 3 atom stereocenters. The van der Waals surface area contributed by atoms with Crippen LogP contribution in [0, 0.1) is 0 Å². The molecule has 7 heteroatoms. The van der Waals surface area contributed by atoms with Crippen LogP contribution in [0.1, 0.15) is 46.5 Å². The van der Waals surface area contributed by atoms with Crippen molar-refractivity contribution >= 4 is 29.1 Å². The van der Waals surface area contributed by atoms with Crippen LogP contribution in [0.3, 0.4) is 0 Å². The number of hydrogen-bond acceptors (Lipinski definition) is 5. The van der Waals surface area contributed by atoms with Crippen molar-refractivity contribution in [3.63, 3.8) is 0 Å². The smallest absolute Gasteiger partial charge is 0.410 e.